The first kappa shape index (κ1) is 19.0. The quantitative estimate of drug-likeness (QED) is 0.381. The van der Waals surface area contributed by atoms with Gasteiger partial charge in [-0.1, -0.05) is 13.8 Å². The molecule has 0 saturated carbocycles. The smallest absolute Gasteiger partial charge is 0.227 e. The number of anilines is 2. The Bertz CT molecular complexity index is 914. The minimum Gasteiger partial charge on any atom is -0.394 e. The lowest BCUT2D eigenvalue weighted by Crippen LogP contribution is -2.40. The second-order valence-corrected chi connectivity index (χ2v) is 6.65. The number of aliphatic hydroxyl groups excluding tert-OH is 1. The van der Waals surface area contributed by atoms with Gasteiger partial charge in [0, 0.05) is 35.2 Å². The molecule has 0 spiro atoms. The van der Waals surface area contributed by atoms with Crippen LogP contribution in [0.3, 0.4) is 0 Å². The topological polar surface area (TPSA) is 87.6 Å². The number of nitrogens with one attached hydrogen (secondary N) is 2. The molecule has 9 heteroatoms. The van der Waals surface area contributed by atoms with E-state index in [1.54, 1.807) is 22.6 Å². The Balaban J connectivity index is 1.88. The molecule has 0 aromatic carbocycles. The number of fused-ring (bicyclic) bond motifs is 1. The zero-order valence-electron chi connectivity index (χ0n) is 15.8. The summed E-state index contributed by atoms with van der Waals surface area (Å²) in [7, 11) is 7.62. The second-order valence-electron chi connectivity index (χ2n) is 6.65. The molecule has 27 heavy (non-hydrogen) atoms. The van der Waals surface area contributed by atoms with E-state index in [1.165, 1.54) is 0 Å². The molecule has 3 aromatic rings. The Morgan fingerprint density at radius 3 is 2.93 bits per heavy atom. The Morgan fingerprint density at radius 2 is 2.22 bits per heavy atom. The maximum atomic E-state index is 9.59. The van der Waals surface area contributed by atoms with Gasteiger partial charge in [-0.15, -0.1) is 0 Å². The number of aromatic nitrogens is 4. The second kappa shape index (κ2) is 8.26. The third kappa shape index (κ3) is 4.31. The Morgan fingerprint density at radius 1 is 1.41 bits per heavy atom. The first-order valence-corrected chi connectivity index (χ1v) is 8.82. The van der Waals surface area contributed by atoms with Gasteiger partial charge in [0.1, 0.15) is 26.6 Å². The van der Waals surface area contributed by atoms with Gasteiger partial charge in [0.05, 0.1) is 12.6 Å². The highest BCUT2D eigenvalue weighted by atomic mass is 16.6. The van der Waals surface area contributed by atoms with Gasteiger partial charge in [0.2, 0.25) is 12.4 Å². The fourth-order valence-electron chi connectivity index (χ4n) is 2.70. The van der Waals surface area contributed by atoms with Gasteiger partial charge in [0.25, 0.3) is 0 Å². The first-order chi connectivity index (χ1) is 13.0. The molecule has 1 atom stereocenters. The summed E-state index contributed by atoms with van der Waals surface area (Å²) in [5, 5.41) is 20.5. The minimum absolute atomic E-state index is 0.0169. The van der Waals surface area contributed by atoms with Crippen LogP contribution in [0.25, 0.3) is 5.65 Å². The van der Waals surface area contributed by atoms with E-state index in [2.05, 4.69) is 20.7 Å². The lowest BCUT2D eigenvalue weighted by atomic mass is 10.0. The molecule has 3 heterocycles. The lowest BCUT2D eigenvalue weighted by molar-refractivity contribution is -0.885. The van der Waals surface area contributed by atoms with E-state index in [-0.39, 0.29) is 18.6 Å². The maximum Gasteiger partial charge on any atom is 0.227 e. The molecule has 0 bridgehead atoms. The van der Waals surface area contributed by atoms with Crippen LogP contribution < -0.4 is 25.7 Å². The molecule has 0 fully saturated rings. The number of pyridine rings is 1. The van der Waals surface area contributed by atoms with Gasteiger partial charge < -0.3 is 15.7 Å². The summed E-state index contributed by atoms with van der Waals surface area (Å²) in [5.41, 5.74) is 2.08. The predicted octanol–water partition coefficient (Wildman–Crippen LogP) is -0.0901. The molecule has 0 unspecified atom stereocenters. The van der Waals surface area contributed by atoms with Crippen molar-refractivity contribution in [1.82, 2.24) is 14.6 Å². The molecular weight excluding hydrogens is 343 g/mol. The molecule has 8 nitrogen and oxygen atoms in total. The first-order valence-electron chi connectivity index (χ1n) is 8.82. The van der Waals surface area contributed by atoms with Crippen LogP contribution in [0.2, 0.25) is 0 Å². The molecule has 0 aliphatic rings. The van der Waals surface area contributed by atoms with Crippen LogP contribution in [0.15, 0.2) is 36.8 Å². The van der Waals surface area contributed by atoms with Gasteiger partial charge in [-0.2, -0.15) is 9.61 Å². The molecular formula is C18H24BN6O2+. The van der Waals surface area contributed by atoms with Crippen molar-refractivity contribution in [3.63, 3.8) is 0 Å². The van der Waals surface area contributed by atoms with Crippen molar-refractivity contribution in [2.45, 2.75) is 26.4 Å². The van der Waals surface area contributed by atoms with Crippen LogP contribution in [0.4, 0.5) is 11.6 Å². The lowest BCUT2D eigenvalue weighted by Gasteiger charge is -2.21. The van der Waals surface area contributed by atoms with E-state index in [4.69, 9.17) is 12.7 Å². The van der Waals surface area contributed by atoms with Crippen LogP contribution in [-0.4, -0.2) is 47.3 Å². The summed E-state index contributed by atoms with van der Waals surface area (Å²) < 4.78 is 3.30. The number of hydrogen-bond acceptors (Lipinski definition) is 6. The summed E-state index contributed by atoms with van der Waals surface area (Å²) in [6, 6.07) is 5.66. The summed E-state index contributed by atoms with van der Waals surface area (Å²) in [6.45, 7) is 4.66. The van der Waals surface area contributed by atoms with Gasteiger partial charge in [-0.25, -0.2) is 4.98 Å². The normalized spacial score (nSPS) is 12.3. The van der Waals surface area contributed by atoms with Crippen LogP contribution in [0.5, 0.6) is 0 Å². The van der Waals surface area contributed by atoms with Gasteiger partial charge in [0.15, 0.2) is 5.65 Å². The highest BCUT2D eigenvalue weighted by Crippen LogP contribution is 2.18. The maximum absolute atomic E-state index is 9.59. The van der Waals surface area contributed by atoms with Crippen LogP contribution in [-0.2, 0) is 6.54 Å². The van der Waals surface area contributed by atoms with Crippen LogP contribution in [0, 0.1) is 5.92 Å². The van der Waals surface area contributed by atoms with Gasteiger partial charge in [-0.05, 0) is 17.4 Å². The van der Waals surface area contributed by atoms with E-state index >= 15 is 0 Å². The molecule has 3 rings (SSSR count). The largest absolute Gasteiger partial charge is 0.394 e. The van der Waals surface area contributed by atoms with Gasteiger partial charge in [-0.3, -0.25) is 4.84 Å². The summed E-state index contributed by atoms with van der Waals surface area (Å²) in [5.74, 6) is 1.62. The molecule has 0 aliphatic heterocycles. The highest BCUT2D eigenvalue weighted by Gasteiger charge is 2.15. The summed E-state index contributed by atoms with van der Waals surface area (Å²) in [6.07, 6.45) is 5.29. The molecule has 3 N–H and O–H groups in total. The molecule has 2 radical (unpaired) electrons. The van der Waals surface area contributed by atoms with Gasteiger partial charge >= 0.3 is 0 Å². The third-order valence-corrected chi connectivity index (χ3v) is 4.35. The van der Waals surface area contributed by atoms with Crippen molar-refractivity contribution in [2.24, 2.45) is 5.92 Å². The van der Waals surface area contributed by atoms with Crippen molar-refractivity contribution >= 4 is 30.6 Å². The van der Waals surface area contributed by atoms with Crippen LogP contribution in [0.1, 0.15) is 19.4 Å². The average molecular weight is 367 g/mol. The number of aliphatic hydroxyl groups is 1. The van der Waals surface area contributed by atoms with E-state index < -0.39 is 0 Å². The Kier molecular flexibility index (Phi) is 5.80. The standard InChI is InChI=1S/C18H24BN6O2/c1-12(2)15(11-26)22-16-7-17(25-18(23-16)14(19)9-21-25)20-8-13-5-4-6-24(10-13)27-3/h4-7,9-10,12,15,20,26H,8,11H2,1-3H3,(H,22,23)/q+1/t15-/m1/s1. The fraction of sp³-hybridized carbons (Fsp3) is 0.389. The molecule has 0 aliphatic carbocycles. The average Bonchev–Trinajstić information content (AvgIpc) is 3.05. The third-order valence-electron chi connectivity index (χ3n) is 4.35. The molecule has 3 aromatic heterocycles. The molecule has 140 valence electrons. The van der Waals surface area contributed by atoms with E-state index in [9.17, 15) is 5.11 Å². The molecule has 0 saturated heterocycles. The predicted molar refractivity (Wildman–Crippen MR) is 104 cm³/mol. The van der Waals surface area contributed by atoms with Crippen molar-refractivity contribution in [2.75, 3.05) is 24.4 Å². The fourth-order valence-corrected chi connectivity index (χ4v) is 2.70. The van der Waals surface area contributed by atoms with E-state index in [0.717, 1.165) is 11.4 Å². The number of nitrogens with zero attached hydrogens (tertiary/aromatic N) is 4. The van der Waals surface area contributed by atoms with Crippen LogP contribution >= 0.6 is 0 Å². The Labute approximate surface area is 159 Å². The van der Waals surface area contributed by atoms with Crippen molar-refractivity contribution < 1.29 is 14.7 Å². The monoisotopic (exact) mass is 367 g/mol. The Hall–Kier alpha value is -2.81. The number of hydrogen-bond donors (Lipinski definition) is 3. The van der Waals surface area contributed by atoms with Crippen molar-refractivity contribution in [3.8, 4) is 0 Å². The zero-order chi connectivity index (χ0) is 19.4. The highest BCUT2D eigenvalue weighted by molar-refractivity contribution is 6.36. The van der Waals surface area contributed by atoms with E-state index in [1.807, 2.05) is 44.4 Å². The van der Waals surface area contributed by atoms with Crippen molar-refractivity contribution in [3.05, 3.63) is 42.4 Å². The molecule has 0 amide bonds. The SMILES string of the molecule is [B]c1cnn2c(NCc3ccc[n+](OC)c3)cc(N[C@H](CO)C(C)C)nc12. The zero-order valence-corrected chi connectivity index (χ0v) is 15.8. The summed E-state index contributed by atoms with van der Waals surface area (Å²) in [4.78, 5) is 9.73. The van der Waals surface area contributed by atoms with E-state index in [0.29, 0.717) is 23.5 Å². The number of rotatable bonds is 8. The minimum atomic E-state index is -0.105. The van der Waals surface area contributed by atoms with Crippen molar-refractivity contribution in [1.29, 1.82) is 0 Å². The summed E-state index contributed by atoms with van der Waals surface area (Å²) >= 11 is 0.